The number of nitrogens with one attached hydrogen (secondary N) is 1. The summed E-state index contributed by atoms with van der Waals surface area (Å²) >= 11 is 0. The molecule has 6 nitrogen and oxygen atoms in total. The van der Waals surface area contributed by atoms with Crippen molar-refractivity contribution in [2.45, 2.75) is 32.4 Å². The molecule has 1 saturated heterocycles. The van der Waals surface area contributed by atoms with Crippen molar-refractivity contribution < 1.29 is 14.4 Å². The summed E-state index contributed by atoms with van der Waals surface area (Å²) in [5, 5.41) is 14.0. The van der Waals surface area contributed by atoms with Crippen LogP contribution in [-0.2, 0) is 11.3 Å². The van der Waals surface area contributed by atoms with Crippen LogP contribution in [-0.4, -0.2) is 30.8 Å². The van der Waals surface area contributed by atoms with Gasteiger partial charge in [-0.05, 0) is 25.5 Å². The molecule has 1 aliphatic rings. The summed E-state index contributed by atoms with van der Waals surface area (Å²) in [6, 6.07) is 4.70. The molecule has 0 spiro atoms. The molecule has 1 aliphatic heterocycles. The van der Waals surface area contributed by atoms with Crippen molar-refractivity contribution in [3.05, 3.63) is 33.9 Å². The molecule has 1 aromatic carbocycles. The monoisotopic (exact) mass is 280 g/mol. The maximum Gasteiger partial charge on any atom is 0.270 e. The van der Waals surface area contributed by atoms with Crippen LogP contribution in [0.2, 0.25) is 0 Å². The van der Waals surface area contributed by atoms with Crippen LogP contribution >= 0.6 is 0 Å². The average molecular weight is 280 g/mol. The largest absolute Gasteiger partial charge is 0.491 e. The third-order valence-electron chi connectivity index (χ3n) is 3.27. The Bertz CT molecular complexity index is 458. The van der Waals surface area contributed by atoms with E-state index in [9.17, 15) is 10.1 Å². The van der Waals surface area contributed by atoms with Gasteiger partial charge in [0.05, 0.1) is 11.0 Å². The van der Waals surface area contributed by atoms with E-state index >= 15 is 0 Å². The third-order valence-corrected chi connectivity index (χ3v) is 3.27. The molecule has 1 unspecified atom stereocenters. The van der Waals surface area contributed by atoms with Gasteiger partial charge in [0, 0.05) is 30.8 Å². The Hall–Kier alpha value is -1.66. The van der Waals surface area contributed by atoms with Crippen LogP contribution in [0.5, 0.6) is 5.75 Å². The Labute approximate surface area is 118 Å². The van der Waals surface area contributed by atoms with Gasteiger partial charge in [0.1, 0.15) is 12.4 Å². The number of non-ortho nitro benzene ring substituents is 1. The first-order valence-corrected chi connectivity index (χ1v) is 6.93. The zero-order valence-electron chi connectivity index (χ0n) is 11.6. The Morgan fingerprint density at radius 3 is 3.05 bits per heavy atom. The minimum absolute atomic E-state index is 0.0855. The first kappa shape index (κ1) is 14.7. The molecule has 0 aromatic heterocycles. The van der Waals surface area contributed by atoms with Crippen LogP contribution in [0.3, 0.4) is 0 Å². The van der Waals surface area contributed by atoms with Crippen LogP contribution in [0.15, 0.2) is 18.2 Å². The minimum atomic E-state index is -0.390. The molecule has 0 aliphatic carbocycles. The highest BCUT2D eigenvalue weighted by atomic mass is 16.6. The average Bonchev–Trinajstić information content (AvgIpc) is 2.96. The fourth-order valence-corrected chi connectivity index (χ4v) is 2.18. The molecule has 1 aromatic rings. The van der Waals surface area contributed by atoms with Crippen molar-refractivity contribution in [3.63, 3.8) is 0 Å². The first-order chi connectivity index (χ1) is 9.70. The molecule has 1 fully saturated rings. The number of rotatable bonds is 7. The molecule has 0 saturated carbocycles. The van der Waals surface area contributed by atoms with Gasteiger partial charge in [0.15, 0.2) is 0 Å². The number of hydrogen-bond donors (Lipinski definition) is 1. The van der Waals surface area contributed by atoms with Crippen molar-refractivity contribution in [2.75, 3.05) is 19.8 Å². The summed E-state index contributed by atoms with van der Waals surface area (Å²) in [4.78, 5) is 10.4. The van der Waals surface area contributed by atoms with Gasteiger partial charge >= 0.3 is 0 Å². The Morgan fingerprint density at radius 1 is 1.55 bits per heavy atom. The van der Waals surface area contributed by atoms with Gasteiger partial charge in [-0.25, -0.2) is 0 Å². The number of ether oxygens (including phenoxy) is 2. The smallest absolute Gasteiger partial charge is 0.270 e. The molecule has 1 atom stereocenters. The standard InChI is InChI=1S/C14H20N2O4/c1-2-15-9-11-8-12(16(17)18)5-6-14(11)20-10-13-4-3-7-19-13/h5-6,8,13,15H,2-4,7,9-10H2,1H3. The normalized spacial score (nSPS) is 18.1. The zero-order chi connectivity index (χ0) is 14.4. The van der Waals surface area contributed by atoms with Gasteiger partial charge in [0.2, 0.25) is 0 Å². The quantitative estimate of drug-likeness (QED) is 0.612. The Balaban J connectivity index is 2.06. The molecule has 1 heterocycles. The molecule has 1 N–H and O–H groups in total. The van der Waals surface area contributed by atoms with Crippen molar-refractivity contribution in [2.24, 2.45) is 0 Å². The lowest BCUT2D eigenvalue weighted by Crippen LogP contribution is -2.18. The lowest BCUT2D eigenvalue weighted by atomic mass is 10.1. The van der Waals surface area contributed by atoms with E-state index in [0.29, 0.717) is 18.9 Å². The fraction of sp³-hybridized carbons (Fsp3) is 0.571. The van der Waals surface area contributed by atoms with E-state index in [2.05, 4.69) is 5.32 Å². The van der Waals surface area contributed by atoms with Gasteiger partial charge in [-0.3, -0.25) is 10.1 Å². The van der Waals surface area contributed by atoms with Gasteiger partial charge in [0.25, 0.3) is 5.69 Å². The zero-order valence-corrected chi connectivity index (χ0v) is 11.6. The molecule has 0 radical (unpaired) electrons. The highest BCUT2D eigenvalue weighted by molar-refractivity contribution is 5.43. The molecular formula is C14H20N2O4. The fourth-order valence-electron chi connectivity index (χ4n) is 2.18. The first-order valence-electron chi connectivity index (χ1n) is 6.93. The van der Waals surface area contributed by atoms with Crippen molar-refractivity contribution in [1.82, 2.24) is 5.32 Å². The van der Waals surface area contributed by atoms with E-state index in [1.807, 2.05) is 6.92 Å². The maximum atomic E-state index is 10.8. The second-order valence-corrected chi connectivity index (χ2v) is 4.78. The van der Waals surface area contributed by atoms with Crippen molar-refractivity contribution >= 4 is 5.69 Å². The molecule has 6 heteroatoms. The second-order valence-electron chi connectivity index (χ2n) is 4.78. The van der Waals surface area contributed by atoms with Crippen molar-refractivity contribution in [3.8, 4) is 5.75 Å². The molecule has 0 bridgehead atoms. The van der Waals surface area contributed by atoms with Crippen LogP contribution in [0.4, 0.5) is 5.69 Å². The molecule has 20 heavy (non-hydrogen) atoms. The number of nitro benzene ring substituents is 1. The maximum absolute atomic E-state index is 10.8. The summed E-state index contributed by atoms with van der Waals surface area (Å²) in [5.74, 6) is 0.687. The van der Waals surface area contributed by atoms with E-state index in [4.69, 9.17) is 9.47 Å². The summed E-state index contributed by atoms with van der Waals surface area (Å²) in [7, 11) is 0. The SMILES string of the molecule is CCNCc1cc([N+](=O)[O-])ccc1OCC1CCCO1. The lowest BCUT2D eigenvalue weighted by Gasteiger charge is -2.14. The number of nitrogens with zero attached hydrogens (tertiary/aromatic N) is 1. The second kappa shape index (κ2) is 7.21. The van der Waals surface area contributed by atoms with Gasteiger partial charge < -0.3 is 14.8 Å². The van der Waals surface area contributed by atoms with E-state index in [1.54, 1.807) is 12.1 Å². The third kappa shape index (κ3) is 3.91. The van der Waals surface area contributed by atoms with Crippen LogP contribution in [0.1, 0.15) is 25.3 Å². The van der Waals surface area contributed by atoms with Crippen LogP contribution in [0.25, 0.3) is 0 Å². The number of benzene rings is 1. The predicted molar refractivity (Wildman–Crippen MR) is 74.9 cm³/mol. The van der Waals surface area contributed by atoms with Crippen molar-refractivity contribution in [1.29, 1.82) is 0 Å². The van der Waals surface area contributed by atoms with Gasteiger partial charge in [-0.15, -0.1) is 0 Å². The topological polar surface area (TPSA) is 73.6 Å². The highest BCUT2D eigenvalue weighted by Crippen LogP contribution is 2.25. The van der Waals surface area contributed by atoms with E-state index < -0.39 is 0 Å². The number of hydrogen-bond acceptors (Lipinski definition) is 5. The Morgan fingerprint density at radius 2 is 2.40 bits per heavy atom. The highest BCUT2D eigenvalue weighted by Gasteiger charge is 2.17. The van der Waals surface area contributed by atoms with E-state index in [1.165, 1.54) is 6.07 Å². The molecule has 110 valence electrons. The molecule has 0 amide bonds. The minimum Gasteiger partial charge on any atom is -0.491 e. The summed E-state index contributed by atoms with van der Waals surface area (Å²) in [6.07, 6.45) is 2.21. The summed E-state index contributed by atoms with van der Waals surface area (Å²) in [6.45, 7) is 4.63. The van der Waals surface area contributed by atoms with E-state index in [-0.39, 0.29) is 16.7 Å². The van der Waals surface area contributed by atoms with Crippen LogP contribution in [0, 0.1) is 10.1 Å². The lowest BCUT2D eigenvalue weighted by molar-refractivity contribution is -0.384. The molecular weight excluding hydrogens is 260 g/mol. The summed E-state index contributed by atoms with van der Waals surface area (Å²) in [5.41, 5.74) is 0.890. The molecule has 2 rings (SSSR count). The van der Waals surface area contributed by atoms with E-state index in [0.717, 1.165) is 31.6 Å². The summed E-state index contributed by atoms with van der Waals surface area (Å²) < 4.78 is 11.3. The predicted octanol–water partition coefficient (Wildman–Crippen LogP) is 2.26. The van der Waals surface area contributed by atoms with Gasteiger partial charge in [-0.1, -0.05) is 6.92 Å². The number of nitro groups is 1. The van der Waals surface area contributed by atoms with Gasteiger partial charge in [-0.2, -0.15) is 0 Å². The Kier molecular flexibility index (Phi) is 5.31. The van der Waals surface area contributed by atoms with Crippen LogP contribution < -0.4 is 10.1 Å².